The zero-order valence-corrected chi connectivity index (χ0v) is 17.0. The molecule has 0 atom stereocenters. The number of hydrogen-bond donors (Lipinski definition) is 2. The molecule has 7 nitrogen and oxygen atoms in total. The van der Waals surface area contributed by atoms with Crippen molar-refractivity contribution in [2.24, 2.45) is 5.73 Å². The number of halogens is 1. The summed E-state index contributed by atoms with van der Waals surface area (Å²) in [5.74, 6) is -1.08. The van der Waals surface area contributed by atoms with Crippen molar-refractivity contribution in [3.8, 4) is 0 Å². The number of primary amides is 1. The van der Waals surface area contributed by atoms with Gasteiger partial charge in [0.15, 0.2) is 0 Å². The lowest BCUT2D eigenvalue weighted by Gasteiger charge is -2.13. The molecule has 3 aromatic rings. The van der Waals surface area contributed by atoms with Gasteiger partial charge in [0.2, 0.25) is 11.8 Å². The van der Waals surface area contributed by atoms with Crippen molar-refractivity contribution in [2.45, 2.75) is 32.2 Å². The standard InChI is InChI=1S/C22H21ClN4O3/c23-17-11-10-14(12-16(17)21(24)29)25-20(28)13-26-18-8-4-5-9-19(18)27(22(26)30)15-6-2-1-3-7-15/h4-6,8-12H,1-3,7,13H2,(H2,24,29)(H,25,28). The highest BCUT2D eigenvalue weighted by molar-refractivity contribution is 6.34. The van der Waals surface area contributed by atoms with Crippen LogP contribution in [0.1, 0.15) is 36.0 Å². The van der Waals surface area contributed by atoms with Gasteiger partial charge >= 0.3 is 5.69 Å². The molecule has 1 heterocycles. The topological polar surface area (TPSA) is 99.1 Å². The molecule has 2 aromatic carbocycles. The van der Waals surface area contributed by atoms with E-state index in [-0.39, 0.29) is 22.8 Å². The molecule has 1 aliphatic carbocycles. The van der Waals surface area contributed by atoms with Crippen LogP contribution in [0.2, 0.25) is 5.02 Å². The van der Waals surface area contributed by atoms with Crippen molar-refractivity contribution >= 4 is 45.8 Å². The molecule has 0 aliphatic heterocycles. The Morgan fingerprint density at radius 1 is 1.10 bits per heavy atom. The number of hydrogen-bond acceptors (Lipinski definition) is 3. The van der Waals surface area contributed by atoms with Gasteiger partial charge in [-0.3, -0.25) is 18.7 Å². The first-order chi connectivity index (χ1) is 14.5. The molecule has 0 spiro atoms. The second-order valence-corrected chi connectivity index (χ2v) is 7.65. The third-order valence-electron chi connectivity index (χ3n) is 5.21. The quantitative estimate of drug-likeness (QED) is 0.654. The van der Waals surface area contributed by atoms with Crippen molar-refractivity contribution in [2.75, 3.05) is 5.32 Å². The zero-order chi connectivity index (χ0) is 21.3. The van der Waals surface area contributed by atoms with Gasteiger partial charge in [0.25, 0.3) is 0 Å². The lowest BCUT2D eigenvalue weighted by molar-refractivity contribution is -0.116. The molecule has 154 valence electrons. The van der Waals surface area contributed by atoms with Crippen LogP contribution in [0.25, 0.3) is 16.7 Å². The average molecular weight is 425 g/mol. The van der Waals surface area contributed by atoms with E-state index in [1.54, 1.807) is 10.6 Å². The van der Waals surface area contributed by atoms with Crippen LogP contribution in [-0.4, -0.2) is 20.9 Å². The summed E-state index contributed by atoms with van der Waals surface area (Å²) in [4.78, 5) is 37.3. The maximum absolute atomic E-state index is 13.2. The summed E-state index contributed by atoms with van der Waals surface area (Å²) >= 11 is 5.95. The number of carbonyl (C=O) groups excluding carboxylic acids is 2. The van der Waals surface area contributed by atoms with Crippen LogP contribution in [0.15, 0.2) is 53.3 Å². The number of amides is 2. The number of allylic oxidation sites excluding steroid dienone is 2. The Balaban J connectivity index is 1.66. The second-order valence-electron chi connectivity index (χ2n) is 7.24. The van der Waals surface area contributed by atoms with Crippen molar-refractivity contribution < 1.29 is 9.59 Å². The van der Waals surface area contributed by atoms with E-state index in [1.807, 2.05) is 24.3 Å². The molecule has 0 fully saturated rings. The van der Waals surface area contributed by atoms with Gasteiger partial charge in [0, 0.05) is 11.4 Å². The Labute approximate surface area is 177 Å². The highest BCUT2D eigenvalue weighted by atomic mass is 35.5. The molecule has 0 saturated heterocycles. The van der Waals surface area contributed by atoms with E-state index < -0.39 is 11.8 Å². The minimum Gasteiger partial charge on any atom is -0.366 e. The maximum Gasteiger partial charge on any atom is 0.333 e. The fourth-order valence-corrected chi connectivity index (χ4v) is 4.01. The predicted molar refractivity (Wildman–Crippen MR) is 118 cm³/mol. The van der Waals surface area contributed by atoms with Gasteiger partial charge in [-0.15, -0.1) is 0 Å². The number of imidazole rings is 1. The Morgan fingerprint density at radius 2 is 1.87 bits per heavy atom. The van der Waals surface area contributed by atoms with E-state index in [0.29, 0.717) is 11.2 Å². The first-order valence-corrected chi connectivity index (χ1v) is 10.1. The Bertz CT molecular complexity index is 1240. The summed E-state index contributed by atoms with van der Waals surface area (Å²) in [6.07, 6.45) is 6.03. The second kappa shape index (κ2) is 8.20. The summed E-state index contributed by atoms with van der Waals surface area (Å²) in [6, 6.07) is 11.9. The van der Waals surface area contributed by atoms with Gasteiger partial charge in [-0.05, 0) is 56.0 Å². The monoisotopic (exact) mass is 424 g/mol. The summed E-state index contributed by atoms with van der Waals surface area (Å²) < 4.78 is 3.17. The number of nitrogens with zero attached hydrogens (tertiary/aromatic N) is 2. The largest absolute Gasteiger partial charge is 0.366 e. The number of anilines is 1. The van der Waals surface area contributed by atoms with Gasteiger partial charge in [0.1, 0.15) is 6.54 Å². The van der Waals surface area contributed by atoms with Crippen LogP contribution in [0.4, 0.5) is 5.69 Å². The number of rotatable bonds is 5. The third-order valence-corrected chi connectivity index (χ3v) is 5.54. The molecular weight excluding hydrogens is 404 g/mol. The van der Waals surface area contributed by atoms with Crippen LogP contribution in [-0.2, 0) is 11.3 Å². The van der Waals surface area contributed by atoms with Crippen LogP contribution < -0.4 is 16.7 Å². The van der Waals surface area contributed by atoms with E-state index >= 15 is 0 Å². The highest BCUT2D eigenvalue weighted by Gasteiger charge is 2.19. The molecule has 0 bridgehead atoms. The highest BCUT2D eigenvalue weighted by Crippen LogP contribution is 2.25. The van der Waals surface area contributed by atoms with E-state index in [1.165, 1.54) is 16.7 Å². The van der Waals surface area contributed by atoms with Gasteiger partial charge < -0.3 is 11.1 Å². The molecule has 8 heteroatoms. The molecule has 4 rings (SSSR count). The number of aromatic nitrogens is 2. The van der Waals surface area contributed by atoms with Crippen molar-refractivity contribution in [1.29, 1.82) is 0 Å². The zero-order valence-electron chi connectivity index (χ0n) is 16.2. The molecule has 1 aromatic heterocycles. The van der Waals surface area contributed by atoms with Crippen LogP contribution in [0.3, 0.4) is 0 Å². The average Bonchev–Trinajstić information content (AvgIpc) is 3.01. The minimum atomic E-state index is -0.684. The molecule has 0 saturated carbocycles. The summed E-state index contributed by atoms with van der Waals surface area (Å²) in [6.45, 7) is -0.159. The van der Waals surface area contributed by atoms with E-state index in [0.717, 1.165) is 36.9 Å². The maximum atomic E-state index is 13.2. The Hall–Kier alpha value is -3.32. The Morgan fingerprint density at radius 3 is 2.57 bits per heavy atom. The van der Waals surface area contributed by atoms with E-state index in [4.69, 9.17) is 17.3 Å². The lowest BCUT2D eigenvalue weighted by atomic mass is 10.0. The molecule has 3 N–H and O–H groups in total. The van der Waals surface area contributed by atoms with Crippen LogP contribution in [0.5, 0.6) is 0 Å². The third kappa shape index (κ3) is 3.76. The lowest BCUT2D eigenvalue weighted by Crippen LogP contribution is -2.29. The molecule has 2 amide bonds. The van der Waals surface area contributed by atoms with Gasteiger partial charge in [-0.25, -0.2) is 4.79 Å². The molecule has 30 heavy (non-hydrogen) atoms. The number of fused-ring (bicyclic) bond motifs is 1. The smallest absolute Gasteiger partial charge is 0.333 e. The molecule has 0 unspecified atom stereocenters. The van der Waals surface area contributed by atoms with Crippen molar-refractivity contribution in [3.05, 3.63) is 69.6 Å². The Kier molecular flexibility index (Phi) is 5.46. The number of para-hydroxylation sites is 2. The van der Waals surface area contributed by atoms with Gasteiger partial charge in [0.05, 0.1) is 21.6 Å². The van der Waals surface area contributed by atoms with Crippen LogP contribution in [0, 0.1) is 0 Å². The molecular formula is C22H21ClN4O3. The van der Waals surface area contributed by atoms with E-state index in [9.17, 15) is 14.4 Å². The summed E-state index contributed by atoms with van der Waals surface area (Å²) in [5.41, 5.74) is 8.01. The SMILES string of the molecule is NC(=O)c1cc(NC(=O)Cn2c(=O)n(C3=CCCCC3)c3ccccc32)ccc1Cl. The summed E-state index contributed by atoms with van der Waals surface area (Å²) in [7, 11) is 0. The van der Waals surface area contributed by atoms with Crippen LogP contribution >= 0.6 is 11.6 Å². The first kappa shape index (κ1) is 20.0. The number of carbonyl (C=O) groups is 2. The van der Waals surface area contributed by atoms with Gasteiger partial charge in [-0.2, -0.15) is 0 Å². The van der Waals surface area contributed by atoms with Crippen molar-refractivity contribution in [1.82, 2.24) is 9.13 Å². The number of nitrogens with two attached hydrogens (primary N) is 1. The fourth-order valence-electron chi connectivity index (χ4n) is 3.80. The minimum absolute atomic E-state index is 0.118. The van der Waals surface area contributed by atoms with Crippen molar-refractivity contribution in [3.63, 3.8) is 0 Å². The summed E-state index contributed by atoms with van der Waals surface area (Å²) in [5, 5.41) is 2.91. The first-order valence-electron chi connectivity index (χ1n) is 9.74. The normalized spacial score (nSPS) is 13.8. The number of benzene rings is 2. The van der Waals surface area contributed by atoms with Gasteiger partial charge in [-0.1, -0.05) is 29.8 Å². The molecule has 0 radical (unpaired) electrons. The predicted octanol–water partition coefficient (Wildman–Crippen LogP) is 3.61. The molecule has 1 aliphatic rings. The van der Waals surface area contributed by atoms with E-state index in [2.05, 4.69) is 11.4 Å². The fraction of sp³-hybridized carbons (Fsp3) is 0.227. The number of nitrogens with one attached hydrogen (secondary N) is 1.